The van der Waals surface area contributed by atoms with Gasteiger partial charge in [-0.1, -0.05) is 36.4 Å². The largest absolute Gasteiger partial charge is 0.309 e. The van der Waals surface area contributed by atoms with E-state index in [4.69, 9.17) is 0 Å². The Kier molecular flexibility index (Phi) is 5.36. The zero-order chi connectivity index (χ0) is 21.3. The van der Waals surface area contributed by atoms with E-state index in [9.17, 15) is 14.0 Å². The normalized spacial score (nSPS) is 17.9. The van der Waals surface area contributed by atoms with Crippen LogP contribution in [0.15, 0.2) is 78.9 Å². The molecule has 0 fully saturated rings. The monoisotopic (exact) mass is 402 g/mol. The molecule has 0 bridgehead atoms. The van der Waals surface area contributed by atoms with Crippen molar-refractivity contribution in [2.45, 2.75) is 32.4 Å². The van der Waals surface area contributed by atoms with Crippen molar-refractivity contribution in [2.24, 2.45) is 0 Å². The molecule has 0 N–H and O–H groups in total. The van der Waals surface area contributed by atoms with Crippen molar-refractivity contribution >= 4 is 23.2 Å². The summed E-state index contributed by atoms with van der Waals surface area (Å²) < 4.78 is 13.6. The first-order valence-corrected chi connectivity index (χ1v) is 10.00. The fourth-order valence-electron chi connectivity index (χ4n) is 4.27. The van der Waals surface area contributed by atoms with Crippen LogP contribution in [-0.2, 0) is 4.79 Å². The summed E-state index contributed by atoms with van der Waals surface area (Å²) in [6.07, 6.45) is 0.576. The highest BCUT2D eigenvalue weighted by molar-refractivity contribution is 6.07. The molecule has 3 aromatic rings. The van der Waals surface area contributed by atoms with E-state index in [-0.39, 0.29) is 29.7 Å². The summed E-state index contributed by atoms with van der Waals surface area (Å²) in [5.74, 6) is -0.548. The molecular weight excluding hydrogens is 379 g/mol. The van der Waals surface area contributed by atoms with E-state index in [1.807, 2.05) is 49.4 Å². The smallest absolute Gasteiger partial charge is 0.258 e. The van der Waals surface area contributed by atoms with Crippen LogP contribution in [0, 0.1) is 5.82 Å². The zero-order valence-electron chi connectivity index (χ0n) is 17.0. The molecule has 2 atom stereocenters. The third-order valence-corrected chi connectivity index (χ3v) is 5.56. The van der Waals surface area contributed by atoms with Crippen molar-refractivity contribution in [1.29, 1.82) is 0 Å². The molecule has 152 valence electrons. The molecule has 4 rings (SSSR count). The van der Waals surface area contributed by atoms with Gasteiger partial charge < -0.3 is 9.80 Å². The van der Waals surface area contributed by atoms with Crippen molar-refractivity contribution in [3.8, 4) is 0 Å². The molecule has 1 aliphatic heterocycles. The molecule has 0 aliphatic carbocycles. The van der Waals surface area contributed by atoms with Crippen molar-refractivity contribution in [2.75, 3.05) is 9.80 Å². The fourth-order valence-corrected chi connectivity index (χ4v) is 4.27. The first kappa shape index (κ1) is 19.8. The van der Waals surface area contributed by atoms with Crippen LogP contribution >= 0.6 is 0 Å². The Labute approximate surface area is 175 Å². The maximum Gasteiger partial charge on any atom is 0.258 e. The number of benzene rings is 3. The molecule has 5 heteroatoms. The van der Waals surface area contributed by atoms with Gasteiger partial charge in [0, 0.05) is 29.9 Å². The summed E-state index contributed by atoms with van der Waals surface area (Å²) in [5, 5.41) is 0. The molecule has 1 heterocycles. The molecular formula is C25H23FN2O2. The molecule has 1 aliphatic rings. The standard InChI is InChI=1S/C25H23FN2O2/c1-17-16-24(22-10-6-7-11-23(22)27(17)18(2)29)28(21-14-12-20(26)13-15-21)25(30)19-8-4-3-5-9-19/h3-15,17,24H,16H2,1-2H3. The number of amides is 2. The van der Waals surface area contributed by atoms with Gasteiger partial charge in [0.15, 0.2) is 0 Å². The van der Waals surface area contributed by atoms with Gasteiger partial charge in [-0.25, -0.2) is 4.39 Å². The van der Waals surface area contributed by atoms with E-state index in [0.717, 1.165) is 11.3 Å². The van der Waals surface area contributed by atoms with Crippen LogP contribution in [0.2, 0.25) is 0 Å². The second-order valence-electron chi connectivity index (χ2n) is 7.57. The number of hydrogen-bond donors (Lipinski definition) is 0. The highest BCUT2D eigenvalue weighted by atomic mass is 19.1. The highest BCUT2D eigenvalue weighted by Crippen LogP contribution is 2.42. The molecule has 0 spiro atoms. The summed E-state index contributed by atoms with van der Waals surface area (Å²) >= 11 is 0. The molecule has 4 nitrogen and oxygen atoms in total. The third-order valence-electron chi connectivity index (χ3n) is 5.56. The van der Waals surface area contributed by atoms with Gasteiger partial charge in [0.25, 0.3) is 5.91 Å². The molecule has 2 unspecified atom stereocenters. The van der Waals surface area contributed by atoms with Gasteiger partial charge in [0.05, 0.1) is 6.04 Å². The lowest BCUT2D eigenvalue weighted by atomic mass is 9.89. The third kappa shape index (κ3) is 3.59. The van der Waals surface area contributed by atoms with Crippen molar-refractivity contribution in [3.63, 3.8) is 0 Å². The minimum Gasteiger partial charge on any atom is -0.309 e. The number of nitrogens with zero attached hydrogens (tertiary/aromatic N) is 2. The van der Waals surface area contributed by atoms with Crippen LogP contribution in [0.4, 0.5) is 15.8 Å². The van der Waals surface area contributed by atoms with Crippen LogP contribution in [0.1, 0.15) is 42.2 Å². The van der Waals surface area contributed by atoms with E-state index in [0.29, 0.717) is 17.7 Å². The van der Waals surface area contributed by atoms with Crippen LogP contribution in [0.3, 0.4) is 0 Å². The predicted octanol–water partition coefficient (Wildman–Crippen LogP) is 5.36. The van der Waals surface area contributed by atoms with Gasteiger partial charge in [-0.05, 0) is 61.4 Å². The van der Waals surface area contributed by atoms with Crippen LogP contribution in [-0.4, -0.2) is 17.9 Å². The Bertz CT molecular complexity index is 1070. The lowest BCUT2D eigenvalue weighted by molar-refractivity contribution is -0.117. The van der Waals surface area contributed by atoms with Gasteiger partial charge >= 0.3 is 0 Å². The van der Waals surface area contributed by atoms with Crippen molar-refractivity contribution in [3.05, 3.63) is 95.8 Å². The summed E-state index contributed by atoms with van der Waals surface area (Å²) in [5.41, 5.74) is 2.88. The van der Waals surface area contributed by atoms with Crippen molar-refractivity contribution < 1.29 is 14.0 Å². The molecule has 0 aromatic heterocycles. The topological polar surface area (TPSA) is 40.6 Å². The first-order valence-electron chi connectivity index (χ1n) is 10.00. The van der Waals surface area contributed by atoms with E-state index in [2.05, 4.69) is 0 Å². The molecule has 3 aromatic carbocycles. The van der Waals surface area contributed by atoms with E-state index >= 15 is 0 Å². The highest BCUT2D eigenvalue weighted by Gasteiger charge is 2.37. The average Bonchev–Trinajstić information content (AvgIpc) is 2.75. The van der Waals surface area contributed by atoms with E-state index < -0.39 is 0 Å². The van der Waals surface area contributed by atoms with Gasteiger partial charge in [0.2, 0.25) is 5.91 Å². The average molecular weight is 402 g/mol. The molecule has 30 heavy (non-hydrogen) atoms. The second-order valence-corrected chi connectivity index (χ2v) is 7.57. The number of carbonyl (C=O) groups excluding carboxylic acids is 2. The Balaban J connectivity index is 1.86. The van der Waals surface area contributed by atoms with Crippen LogP contribution in [0.5, 0.6) is 0 Å². The Morgan fingerprint density at radius 3 is 2.23 bits per heavy atom. The maximum atomic E-state index is 13.6. The molecule has 0 saturated heterocycles. The summed E-state index contributed by atoms with van der Waals surface area (Å²) in [4.78, 5) is 29.4. The summed E-state index contributed by atoms with van der Waals surface area (Å²) in [6, 6.07) is 22.3. The lowest BCUT2D eigenvalue weighted by Crippen LogP contribution is -2.47. The number of anilines is 2. The van der Waals surface area contributed by atoms with Gasteiger partial charge in [-0.15, -0.1) is 0 Å². The zero-order valence-corrected chi connectivity index (χ0v) is 17.0. The first-order chi connectivity index (χ1) is 14.5. The van der Waals surface area contributed by atoms with Crippen LogP contribution < -0.4 is 9.80 Å². The van der Waals surface area contributed by atoms with Crippen molar-refractivity contribution in [1.82, 2.24) is 0 Å². The minimum absolute atomic E-state index is 0.0314. The van der Waals surface area contributed by atoms with Gasteiger partial charge in [-0.3, -0.25) is 9.59 Å². The number of hydrogen-bond acceptors (Lipinski definition) is 2. The quantitative estimate of drug-likeness (QED) is 0.592. The number of halogens is 1. The number of carbonyl (C=O) groups is 2. The molecule has 0 radical (unpaired) electrons. The maximum absolute atomic E-state index is 13.6. The minimum atomic E-state index is -0.356. The van der Waals surface area contributed by atoms with E-state index in [1.54, 1.807) is 41.0 Å². The summed E-state index contributed by atoms with van der Waals surface area (Å²) in [7, 11) is 0. The number of rotatable bonds is 3. The van der Waals surface area contributed by atoms with Crippen LogP contribution in [0.25, 0.3) is 0 Å². The Hall–Kier alpha value is -3.47. The fraction of sp³-hybridized carbons (Fsp3) is 0.200. The number of fused-ring (bicyclic) bond motifs is 1. The van der Waals surface area contributed by atoms with Gasteiger partial charge in [0.1, 0.15) is 5.82 Å². The predicted molar refractivity (Wildman–Crippen MR) is 116 cm³/mol. The Morgan fingerprint density at radius 1 is 0.933 bits per heavy atom. The lowest BCUT2D eigenvalue weighted by Gasteiger charge is -2.43. The Morgan fingerprint density at radius 2 is 1.57 bits per heavy atom. The van der Waals surface area contributed by atoms with E-state index in [1.165, 1.54) is 12.1 Å². The molecule has 0 saturated carbocycles. The number of para-hydroxylation sites is 1. The summed E-state index contributed by atoms with van der Waals surface area (Å²) in [6.45, 7) is 3.54. The SMILES string of the molecule is CC(=O)N1c2ccccc2C(N(C(=O)c2ccccc2)c2ccc(F)cc2)CC1C. The second kappa shape index (κ2) is 8.11. The van der Waals surface area contributed by atoms with Gasteiger partial charge in [-0.2, -0.15) is 0 Å². The molecule has 2 amide bonds.